The molecule has 5 nitrogen and oxygen atoms in total. The molecule has 0 unspecified atom stereocenters. The molecule has 1 atom stereocenters. The highest BCUT2D eigenvalue weighted by Gasteiger charge is 2.34. The molecule has 0 saturated heterocycles. The van der Waals surface area contributed by atoms with Crippen molar-refractivity contribution in [2.75, 3.05) is 0 Å². The normalized spacial score (nSPS) is 15.3. The number of aryl methyl sites for hydroxylation is 1. The van der Waals surface area contributed by atoms with Gasteiger partial charge in [-0.05, 0) is 43.7 Å². The molecule has 1 fully saturated rings. The lowest BCUT2D eigenvalue weighted by Gasteiger charge is -2.15. The van der Waals surface area contributed by atoms with Gasteiger partial charge in [0, 0.05) is 11.5 Å². The van der Waals surface area contributed by atoms with Gasteiger partial charge in [-0.25, -0.2) is 0 Å². The third-order valence-electron chi connectivity index (χ3n) is 5.82. The lowest BCUT2D eigenvalue weighted by atomic mass is 9.94. The first-order valence-corrected chi connectivity index (χ1v) is 11.5. The number of nitrogens with zero attached hydrogens (tertiary/aromatic N) is 2. The maximum Gasteiger partial charge on any atom is 0.416 e. The maximum atomic E-state index is 13.7. The molecule has 1 aromatic heterocycles. The van der Waals surface area contributed by atoms with Crippen LogP contribution in [0.15, 0.2) is 22.7 Å². The Morgan fingerprint density at radius 3 is 2.53 bits per heavy atom. The summed E-state index contributed by atoms with van der Waals surface area (Å²) in [5.74, 6) is 1.55. The fourth-order valence-corrected chi connectivity index (χ4v) is 4.04. The van der Waals surface area contributed by atoms with Gasteiger partial charge in [0.2, 0.25) is 11.7 Å². The maximum absolute atomic E-state index is 13.7. The van der Waals surface area contributed by atoms with Gasteiger partial charge < -0.3 is 10.3 Å². The summed E-state index contributed by atoms with van der Waals surface area (Å²) in [6.07, 6.45) is 4.63. The second-order valence-electron chi connectivity index (χ2n) is 8.74. The van der Waals surface area contributed by atoms with Crippen molar-refractivity contribution in [3.8, 4) is 11.4 Å². The average molecular weight is 453 g/mol. The minimum absolute atomic E-state index is 0.106. The van der Waals surface area contributed by atoms with Crippen LogP contribution in [0.4, 0.5) is 13.2 Å². The number of hydrogen-bond donors (Lipinski definition) is 2. The van der Waals surface area contributed by atoms with Crippen LogP contribution in [0, 0.1) is 11.3 Å². The standard InChI is InChI=1S/C22H29F3N2O.C2H6N2/c1-3-4-7-15(2)21-26-20(27-28-21)18-13-12-17(19(14-18)22(23,24)25)11-10-16-8-5-6-9-16;1-2(3)4/h12-16H,3-11H2,1-2H3;1H3,(H3,3,4)/t15-;/m0./s1. The van der Waals surface area contributed by atoms with E-state index in [0.717, 1.165) is 38.5 Å². The van der Waals surface area contributed by atoms with Crippen LogP contribution in [0.1, 0.15) is 95.1 Å². The van der Waals surface area contributed by atoms with Crippen LogP contribution in [-0.2, 0) is 12.6 Å². The van der Waals surface area contributed by atoms with Crippen LogP contribution in [-0.4, -0.2) is 16.0 Å². The molecule has 1 aliphatic rings. The van der Waals surface area contributed by atoms with Gasteiger partial charge in [-0.2, -0.15) is 18.2 Å². The highest BCUT2D eigenvalue weighted by Crippen LogP contribution is 2.37. The zero-order valence-corrected chi connectivity index (χ0v) is 19.3. The molecule has 1 aliphatic carbocycles. The third-order valence-corrected chi connectivity index (χ3v) is 5.82. The molecular weight excluding hydrogens is 417 g/mol. The fraction of sp³-hybridized carbons (Fsp3) is 0.625. The number of benzene rings is 1. The van der Waals surface area contributed by atoms with Crippen molar-refractivity contribution < 1.29 is 17.7 Å². The molecule has 0 amide bonds. The minimum Gasteiger partial charge on any atom is -0.388 e. The average Bonchev–Trinajstić information content (AvgIpc) is 3.41. The Hall–Kier alpha value is -2.38. The molecule has 0 spiro atoms. The second kappa shape index (κ2) is 12.0. The third kappa shape index (κ3) is 7.95. The molecular formula is C24H35F3N4O. The first-order chi connectivity index (χ1) is 15.1. The van der Waals surface area contributed by atoms with E-state index in [0.29, 0.717) is 29.4 Å². The van der Waals surface area contributed by atoms with Gasteiger partial charge in [-0.3, -0.25) is 5.41 Å². The van der Waals surface area contributed by atoms with Crippen molar-refractivity contribution in [1.82, 2.24) is 10.1 Å². The molecule has 1 heterocycles. The number of alkyl halides is 3. The number of nitrogens with two attached hydrogens (primary N) is 1. The number of halogens is 3. The zero-order chi connectivity index (χ0) is 23.7. The smallest absolute Gasteiger partial charge is 0.388 e. The van der Waals surface area contributed by atoms with E-state index in [9.17, 15) is 13.2 Å². The Labute approximate surface area is 188 Å². The van der Waals surface area contributed by atoms with E-state index in [4.69, 9.17) is 15.7 Å². The summed E-state index contributed by atoms with van der Waals surface area (Å²) in [5.41, 5.74) is 4.84. The summed E-state index contributed by atoms with van der Waals surface area (Å²) in [5, 5.41) is 10.2. The Bertz CT molecular complexity index is 853. The molecule has 1 aromatic carbocycles. The van der Waals surface area contributed by atoms with Crippen LogP contribution < -0.4 is 5.73 Å². The Morgan fingerprint density at radius 1 is 1.28 bits per heavy atom. The number of aromatic nitrogens is 2. The van der Waals surface area contributed by atoms with Gasteiger partial charge in [-0.1, -0.05) is 69.7 Å². The van der Waals surface area contributed by atoms with Crippen molar-refractivity contribution in [3.63, 3.8) is 0 Å². The molecule has 0 radical (unpaired) electrons. The number of unbranched alkanes of at least 4 members (excludes halogenated alkanes) is 1. The van der Waals surface area contributed by atoms with Crippen LogP contribution in [0.3, 0.4) is 0 Å². The summed E-state index contributed by atoms with van der Waals surface area (Å²) in [4.78, 5) is 4.35. The summed E-state index contributed by atoms with van der Waals surface area (Å²) in [7, 11) is 0. The van der Waals surface area contributed by atoms with E-state index in [1.54, 1.807) is 12.1 Å². The van der Waals surface area contributed by atoms with Crippen LogP contribution in [0.25, 0.3) is 11.4 Å². The predicted octanol–water partition coefficient (Wildman–Crippen LogP) is 7.11. The van der Waals surface area contributed by atoms with Crippen LogP contribution in [0.5, 0.6) is 0 Å². The topological polar surface area (TPSA) is 88.8 Å². The highest BCUT2D eigenvalue weighted by molar-refractivity contribution is 5.73. The monoisotopic (exact) mass is 452 g/mol. The van der Waals surface area contributed by atoms with Gasteiger partial charge in [0.1, 0.15) is 0 Å². The second-order valence-corrected chi connectivity index (χ2v) is 8.74. The lowest BCUT2D eigenvalue weighted by Crippen LogP contribution is -2.10. The van der Waals surface area contributed by atoms with Crippen molar-refractivity contribution >= 4 is 5.84 Å². The lowest BCUT2D eigenvalue weighted by molar-refractivity contribution is -0.138. The van der Waals surface area contributed by atoms with E-state index in [-0.39, 0.29) is 17.6 Å². The molecule has 3 N–H and O–H groups in total. The molecule has 32 heavy (non-hydrogen) atoms. The van der Waals surface area contributed by atoms with E-state index >= 15 is 0 Å². The first-order valence-electron chi connectivity index (χ1n) is 11.5. The number of amidine groups is 1. The van der Waals surface area contributed by atoms with Crippen molar-refractivity contribution in [2.45, 2.75) is 90.7 Å². The van der Waals surface area contributed by atoms with Crippen molar-refractivity contribution in [2.24, 2.45) is 11.7 Å². The SMILES string of the molecule is CC(=N)N.CCCC[C@H](C)c1nc(-c2ccc(CCC3CCCC3)c(C(F)(F)F)c2)no1. The molecule has 1 saturated carbocycles. The molecule has 2 aromatic rings. The number of hydrogen-bond acceptors (Lipinski definition) is 4. The van der Waals surface area contributed by atoms with Crippen LogP contribution in [0.2, 0.25) is 0 Å². The quantitative estimate of drug-likeness (QED) is 0.330. The summed E-state index contributed by atoms with van der Waals surface area (Å²) >= 11 is 0. The molecule has 0 bridgehead atoms. The Balaban J connectivity index is 0.000000837. The number of nitrogens with one attached hydrogen (secondary N) is 1. The zero-order valence-electron chi connectivity index (χ0n) is 19.3. The van der Waals surface area contributed by atoms with E-state index in [1.807, 2.05) is 6.92 Å². The van der Waals surface area contributed by atoms with Gasteiger partial charge in [0.25, 0.3) is 0 Å². The first kappa shape index (κ1) is 25.9. The van der Waals surface area contributed by atoms with E-state index in [1.165, 1.54) is 25.8 Å². The van der Waals surface area contributed by atoms with Crippen LogP contribution >= 0.6 is 0 Å². The van der Waals surface area contributed by atoms with E-state index in [2.05, 4.69) is 17.1 Å². The highest BCUT2D eigenvalue weighted by atomic mass is 19.4. The minimum atomic E-state index is -4.39. The summed E-state index contributed by atoms with van der Waals surface area (Å²) in [6, 6.07) is 4.45. The molecule has 3 rings (SSSR count). The van der Waals surface area contributed by atoms with Crippen molar-refractivity contribution in [1.29, 1.82) is 5.41 Å². The van der Waals surface area contributed by atoms with Gasteiger partial charge in [0.15, 0.2) is 0 Å². The largest absolute Gasteiger partial charge is 0.416 e. The van der Waals surface area contributed by atoms with Crippen molar-refractivity contribution in [3.05, 3.63) is 35.2 Å². The molecule has 0 aliphatic heterocycles. The summed E-state index contributed by atoms with van der Waals surface area (Å²) < 4.78 is 46.3. The fourth-order valence-electron chi connectivity index (χ4n) is 4.04. The van der Waals surface area contributed by atoms with Gasteiger partial charge in [-0.15, -0.1) is 0 Å². The Morgan fingerprint density at radius 2 is 1.94 bits per heavy atom. The van der Waals surface area contributed by atoms with Gasteiger partial charge in [0.05, 0.1) is 11.4 Å². The summed E-state index contributed by atoms with van der Waals surface area (Å²) in [6.45, 7) is 5.64. The predicted molar refractivity (Wildman–Crippen MR) is 121 cm³/mol. The molecule has 8 heteroatoms. The Kier molecular flexibility index (Phi) is 9.72. The molecule has 178 valence electrons. The van der Waals surface area contributed by atoms with E-state index < -0.39 is 11.7 Å². The number of rotatable bonds is 8. The van der Waals surface area contributed by atoms with Gasteiger partial charge >= 0.3 is 6.18 Å².